The Bertz CT molecular complexity index is 463. The summed E-state index contributed by atoms with van der Waals surface area (Å²) in [5.74, 6) is -4.85. The Labute approximate surface area is 203 Å². The van der Waals surface area contributed by atoms with Crippen molar-refractivity contribution in [3.8, 4) is 0 Å². The van der Waals surface area contributed by atoms with Crippen LogP contribution in [0.15, 0.2) is 0 Å². The first-order chi connectivity index (χ1) is 6.89. The minimum absolute atomic E-state index is 0. The molecule has 0 heterocycles. The van der Waals surface area contributed by atoms with Gasteiger partial charge in [-0.3, -0.25) is 18.7 Å². The van der Waals surface area contributed by atoms with Crippen LogP contribution in [0.3, 0.4) is 0 Å². The Hall–Kier alpha value is 2.76. The third-order valence-corrected chi connectivity index (χ3v) is 3.81. The van der Waals surface area contributed by atoms with Crippen LogP contribution < -0.4 is 0 Å². The standard InChI is InChI=1S/C4H6O10S2.4Na.4H/c5-3(6)1(15(9,10)11)2(4(7)8)16(12,13)14;;;;;;;;/h1-2H,(H,5,6)(H,7,8)(H,9,10,11)(H,12,13,14);;;;;;;;. The van der Waals surface area contributed by atoms with E-state index >= 15 is 0 Å². The second kappa shape index (κ2) is 13.1. The summed E-state index contributed by atoms with van der Waals surface area (Å²) in [5.41, 5.74) is 0. The van der Waals surface area contributed by atoms with Gasteiger partial charge in [0.25, 0.3) is 20.2 Å². The molecule has 2 atom stereocenters. The van der Waals surface area contributed by atoms with E-state index in [1.807, 2.05) is 0 Å². The van der Waals surface area contributed by atoms with Crippen LogP contribution in [0.25, 0.3) is 0 Å². The summed E-state index contributed by atoms with van der Waals surface area (Å²) in [6.45, 7) is 0. The number of hydrogen-bond donors (Lipinski definition) is 4. The van der Waals surface area contributed by atoms with Crippen molar-refractivity contribution >= 4 is 150 Å². The van der Waals surface area contributed by atoms with Gasteiger partial charge in [0, 0.05) is 0 Å². The number of carboxylic acids is 2. The SMILES string of the molecule is O=C(O)C(C(C(=O)O)S(=O)(=O)O)S(=O)(=O)O.[NaH].[NaH].[NaH].[NaH]. The van der Waals surface area contributed by atoms with Crippen LogP contribution in [0, 0.1) is 0 Å². The number of rotatable bonds is 5. The predicted octanol–water partition coefficient (Wildman–Crippen LogP) is -4.93. The van der Waals surface area contributed by atoms with Gasteiger partial charge in [-0.1, -0.05) is 0 Å². The molecule has 0 bridgehead atoms. The molecule has 0 saturated carbocycles. The third kappa shape index (κ3) is 11.3. The summed E-state index contributed by atoms with van der Waals surface area (Å²) in [5, 5.41) is 10.2. The van der Waals surface area contributed by atoms with E-state index in [1.54, 1.807) is 0 Å². The van der Waals surface area contributed by atoms with Crippen molar-refractivity contribution in [3.05, 3.63) is 0 Å². The molecule has 10 nitrogen and oxygen atoms in total. The molecule has 0 aromatic rings. The number of hydrogen-bond acceptors (Lipinski definition) is 6. The molecular weight excluding hydrogens is 364 g/mol. The fraction of sp³-hybridized carbons (Fsp3) is 0.500. The van der Waals surface area contributed by atoms with E-state index in [0.29, 0.717) is 0 Å². The molecule has 0 rings (SSSR count). The minimum atomic E-state index is -5.51. The van der Waals surface area contributed by atoms with Crippen molar-refractivity contribution in [1.29, 1.82) is 0 Å². The topological polar surface area (TPSA) is 183 Å². The molecule has 0 aliphatic carbocycles. The second-order valence-electron chi connectivity index (χ2n) is 2.55. The predicted molar refractivity (Wildman–Crippen MR) is 74.5 cm³/mol. The van der Waals surface area contributed by atoms with Gasteiger partial charge >= 0.3 is 130 Å². The summed E-state index contributed by atoms with van der Waals surface area (Å²) < 4.78 is 58.8. The first-order valence-corrected chi connectivity index (χ1v) is 6.28. The van der Waals surface area contributed by atoms with Gasteiger partial charge in [-0.15, -0.1) is 0 Å². The molecule has 0 amide bonds. The number of carboxylic acid groups (broad SMARTS) is 2. The zero-order valence-electron chi connectivity index (χ0n) is 7.21. The molecular formula is C4H10Na4O10S2. The summed E-state index contributed by atoms with van der Waals surface area (Å²) in [4.78, 5) is 20.7. The van der Waals surface area contributed by atoms with E-state index in [9.17, 15) is 26.4 Å². The average molecular weight is 374 g/mol. The third-order valence-electron chi connectivity index (χ3n) is 1.40. The molecule has 0 fully saturated rings. The van der Waals surface area contributed by atoms with Crippen LogP contribution >= 0.6 is 0 Å². The van der Waals surface area contributed by atoms with Gasteiger partial charge in [-0.25, -0.2) is 0 Å². The van der Waals surface area contributed by atoms with Crippen LogP contribution in [-0.4, -0.2) is 177 Å². The summed E-state index contributed by atoms with van der Waals surface area (Å²) in [6, 6.07) is 0. The van der Waals surface area contributed by atoms with Gasteiger partial charge in [0.05, 0.1) is 0 Å². The van der Waals surface area contributed by atoms with Crippen molar-refractivity contribution in [3.63, 3.8) is 0 Å². The van der Waals surface area contributed by atoms with E-state index in [1.165, 1.54) is 0 Å². The molecule has 0 aromatic heterocycles. The Balaban J connectivity index is -0.000000187. The first-order valence-electron chi connectivity index (χ1n) is 3.27. The van der Waals surface area contributed by atoms with Crippen LogP contribution in [-0.2, 0) is 29.8 Å². The maximum atomic E-state index is 10.5. The number of aliphatic carboxylic acids is 2. The molecule has 4 N–H and O–H groups in total. The molecule has 16 heteroatoms. The second-order valence-corrected chi connectivity index (χ2v) is 5.62. The normalized spacial score (nSPS) is 13.1. The Kier molecular flexibility index (Phi) is 22.4. The van der Waals surface area contributed by atoms with Gasteiger partial charge in [-0.05, 0) is 0 Å². The van der Waals surface area contributed by atoms with Crippen LogP contribution in [0.4, 0.5) is 0 Å². The van der Waals surface area contributed by atoms with Crippen LogP contribution in [0.1, 0.15) is 0 Å². The van der Waals surface area contributed by atoms with Gasteiger partial charge in [-0.2, -0.15) is 16.8 Å². The van der Waals surface area contributed by atoms with Crippen LogP contribution in [0.2, 0.25) is 0 Å². The summed E-state index contributed by atoms with van der Waals surface area (Å²) in [7, 11) is -11.0. The van der Waals surface area contributed by atoms with Crippen molar-refractivity contribution in [1.82, 2.24) is 0 Å². The zero-order valence-corrected chi connectivity index (χ0v) is 8.84. The maximum absolute atomic E-state index is 10.5. The van der Waals surface area contributed by atoms with E-state index in [2.05, 4.69) is 0 Å². The van der Waals surface area contributed by atoms with Crippen molar-refractivity contribution in [2.24, 2.45) is 0 Å². The molecule has 0 spiro atoms. The molecule has 0 aliphatic rings. The Morgan fingerprint density at radius 1 is 0.650 bits per heavy atom. The fourth-order valence-electron chi connectivity index (χ4n) is 0.826. The van der Waals surface area contributed by atoms with Crippen molar-refractivity contribution in [2.45, 2.75) is 10.5 Å². The molecule has 2 unspecified atom stereocenters. The summed E-state index contributed by atoms with van der Waals surface area (Å²) >= 11 is 0. The quantitative estimate of drug-likeness (QED) is 0.269. The molecule has 102 valence electrons. The molecule has 0 aromatic carbocycles. The Morgan fingerprint density at radius 2 is 0.800 bits per heavy atom. The zero-order chi connectivity index (χ0) is 13.3. The van der Waals surface area contributed by atoms with E-state index in [-0.39, 0.29) is 118 Å². The van der Waals surface area contributed by atoms with Gasteiger partial charge in [0.2, 0.25) is 10.5 Å². The average Bonchev–Trinajstić information content (AvgIpc) is 1.92. The molecule has 0 aliphatic heterocycles. The van der Waals surface area contributed by atoms with Gasteiger partial charge in [0.1, 0.15) is 0 Å². The van der Waals surface area contributed by atoms with Gasteiger partial charge < -0.3 is 10.2 Å². The van der Waals surface area contributed by atoms with E-state index in [0.717, 1.165) is 0 Å². The Morgan fingerprint density at radius 3 is 0.850 bits per heavy atom. The van der Waals surface area contributed by atoms with E-state index in [4.69, 9.17) is 19.3 Å². The number of carbonyl (C=O) groups is 2. The monoisotopic (exact) mass is 374 g/mol. The van der Waals surface area contributed by atoms with Gasteiger partial charge in [0.15, 0.2) is 0 Å². The summed E-state index contributed by atoms with van der Waals surface area (Å²) in [6.07, 6.45) is 0. The fourth-order valence-corrected chi connectivity index (χ4v) is 3.04. The first kappa shape index (κ1) is 34.2. The van der Waals surface area contributed by atoms with E-state index < -0.39 is 42.7 Å². The van der Waals surface area contributed by atoms with Crippen LogP contribution in [0.5, 0.6) is 0 Å². The molecule has 0 saturated heterocycles. The van der Waals surface area contributed by atoms with Crippen molar-refractivity contribution in [2.75, 3.05) is 0 Å². The van der Waals surface area contributed by atoms with Crippen molar-refractivity contribution < 1.29 is 45.7 Å². The molecule has 20 heavy (non-hydrogen) atoms. The molecule has 0 radical (unpaired) electrons.